The molecule has 230 valence electrons. The number of carbonyl (C=O) groups is 1. The Hall–Kier alpha value is -4.94. The highest BCUT2D eigenvalue weighted by atomic mass is 32.2. The summed E-state index contributed by atoms with van der Waals surface area (Å²) in [6.45, 7) is -0.499. The summed E-state index contributed by atoms with van der Waals surface area (Å²) >= 11 is 1.53. The van der Waals surface area contributed by atoms with E-state index in [0.717, 1.165) is 20.5 Å². The minimum absolute atomic E-state index is 0.0617. The zero-order chi connectivity index (χ0) is 31.6. The van der Waals surface area contributed by atoms with Crippen LogP contribution >= 0.6 is 11.3 Å². The Morgan fingerprint density at radius 2 is 1.76 bits per heavy atom. The summed E-state index contributed by atoms with van der Waals surface area (Å²) in [5, 5.41) is 9.25. The van der Waals surface area contributed by atoms with Gasteiger partial charge in [-0.3, -0.25) is 14.1 Å². The van der Waals surface area contributed by atoms with E-state index in [2.05, 4.69) is 4.98 Å². The molecule has 1 amide bonds. The van der Waals surface area contributed by atoms with Crippen molar-refractivity contribution in [3.05, 3.63) is 107 Å². The fourth-order valence-corrected chi connectivity index (χ4v) is 7.70. The molecule has 1 aliphatic heterocycles. The fourth-order valence-electron chi connectivity index (χ4n) is 5.35. The molecule has 0 saturated carbocycles. The molecule has 10 nitrogen and oxygen atoms in total. The molecule has 0 fully saturated rings. The molecule has 1 unspecified atom stereocenters. The van der Waals surface area contributed by atoms with Gasteiger partial charge in [0.25, 0.3) is 15.9 Å². The van der Waals surface area contributed by atoms with Crippen molar-refractivity contribution in [2.45, 2.75) is 17.4 Å². The van der Waals surface area contributed by atoms with Crippen molar-refractivity contribution in [1.29, 1.82) is 0 Å². The first-order valence-electron chi connectivity index (χ1n) is 14.0. The molecule has 1 atom stereocenters. The maximum atomic E-state index is 14.4. The fraction of sp³-hybridized carbons (Fsp3) is 0.182. The van der Waals surface area contributed by atoms with Gasteiger partial charge in [0.05, 0.1) is 48.5 Å². The highest BCUT2D eigenvalue weighted by molar-refractivity contribution is 7.93. The topological polar surface area (TPSA) is 111 Å². The lowest BCUT2D eigenvalue weighted by molar-refractivity contribution is -0.131. The first kappa shape index (κ1) is 30.1. The van der Waals surface area contributed by atoms with Gasteiger partial charge in [-0.05, 0) is 65.5 Å². The molecule has 45 heavy (non-hydrogen) atoms. The second kappa shape index (κ2) is 12.6. The second-order valence-corrected chi connectivity index (χ2v) is 12.9. The average Bonchev–Trinajstić information content (AvgIpc) is 3.78. The Morgan fingerprint density at radius 1 is 0.956 bits per heavy atom. The molecule has 5 aromatic rings. The molecule has 1 aliphatic rings. The molecule has 6 rings (SSSR count). The van der Waals surface area contributed by atoms with Crippen molar-refractivity contribution < 1.29 is 27.4 Å². The van der Waals surface area contributed by atoms with E-state index in [-0.39, 0.29) is 4.90 Å². The number of amides is 1. The number of fused-ring (bicyclic) bond motifs is 1. The van der Waals surface area contributed by atoms with Crippen LogP contribution in [0, 0.1) is 0 Å². The van der Waals surface area contributed by atoms with Gasteiger partial charge in [0.2, 0.25) is 0 Å². The molecule has 0 N–H and O–H groups in total. The van der Waals surface area contributed by atoms with E-state index in [0.29, 0.717) is 40.1 Å². The maximum Gasteiger partial charge on any atom is 0.265 e. The van der Waals surface area contributed by atoms with Gasteiger partial charge in [-0.2, -0.15) is 5.10 Å². The number of aromatic nitrogens is 1. The van der Waals surface area contributed by atoms with E-state index in [1.54, 1.807) is 75.1 Å². The normalized spacial score (nSPS) is 14.7. The average molecular weight is 643 g/mol. The van der Waals surface area contributed by atoms with Crippen molar-refractivity contribution in [3.63, 3.8) is 0 Å². The molecule has 12 heteroatoms. The van der Waals surface area contributed by atoms with Crippen molar-refractivity contribution in [1.82, 2.24) is 9.99 Å². The van der Waals surface area contributed by atoms with Crippen LogP contribution in [0.4, 0.5) is 5.69 Å². The number of thiophene rings is 1. The Kier molecular flexibility index (Phi) is 8.42. The molecule has 2 aromatic heterocycles. The van der Waals surface area contributed by atoms with Crippen LogP contribution in [0.15, 0.2) is 107 Å². The summed E-state index contributed by atoms with van der Waals surface area (Å²) in [7, 11) is 0.387. The van der Waals surface area contributed by atoms with E-state index in [4.69, 9.17) is 19.3 Å². The number of carbonyl (C=O) groups excluding carboxylic acids is 1. The van der Waals surface area contributed by atoms with Crippen LogP contribution in [-0.4, -0.2) is 57.9 Å². The van der Waals surface area contributed by atoms with Gasteiger partial charge in [-0.25, -0.2) is 13.4 Å². The lowest BCUT2D eigenvalue weighted by atomic mass is 10.0. The molecular formula is C33H30N4O6S2. The number of rotatable bonds is 10. The van der Waals surface area contributed by atoms with Crippen LogP contribution in [0.25, 0.3) is 10.8 Å². The molecule has 3 heterocycles. The van der Waals surface area contributed by atoms with E-state index in [9.17, 15) is 13.2 Å². The Bertz CT molecular complexity index is 1970. The lowest BCUT2D eigenvalue weighted by Gasteiger charge is -2.28. The van der Waals surface area contributed by atoms with Gasteiger partial charge in [0, 0.05) is 29.6 Å². The van der Waals surface area contributed by atoms with E-state index < -0.39 is 28.5 Å². The number of pyridine rings is 1. The van der Waals surface area contributed by atoms with Gasteiger partial charge >= 0.3 is 0 Å². The van der Waals surface area contributed by atoms with Crippen molar-refractivity contribution in [2.24, 2.45) is 5.10 Å². The highest BCUT2D eigenvalue weighted by Gasteiger charge is 2.37. The quantitative estimate of drug-likeness (QED) is 0.187. The van der Waals surface area contributed by atoms with Crippen LogP contribution < -0.4 is 18.5 Å². The first-order chi connectivity index (χ1) is 21.8. The molecule has 0 saturated heterocycles. The van der Waals surface area contributed by atoms with E-state index in [1.807, 2.05) is 29.6 Å². The van der Waals surface area contributed by atoms with Crippen LogP contribution in [0.1, 0.15) is 22.9 Å². The zero-order valence-electron chi connectivity index (χ0n) is 24.8. The Balaban J connectivity index is 1.43. The smallest absolute Gasteiger partial charge is 0.265 e. The third kappa shape index (κ3) is 5.81. The monoisotopic (exact) mass is 642 g/mol. The predicted octanol–water partition coefficient (Wildman–Crippen LogP) is 5.90. The van der Waals surface area contributed by atoms with Gasteiger partial charge in [-0.1, -0.05) is 24.3 Å². The molecule has 3 aromatic carbocycles. The number of hydrogen-bond acceptors (Lipinski definition) is 9. The Labute approximate surface area is 265 Å². The summed E-state index contributed by atoms with van der Waals surface area (Å²) in [5.74, 6) is 1.12. The van der Waals surface area contributed by atoms with Gasteiger partial charge < -0.3 is 14.2 Å². The molecular weight excluding hydrogens is 613 g/mol. The third-order valence-electron chi connectivity index (χ3n) is 7.61. The minimum atomic E-state index is -4.25. The number of benzene rings is 3. The molecule has 0 radical (unpaired) electrons. The third-order valence-corrected chi connectivity index (χ3v) is 10.4. The minimum Gasteiger partial charge on any atom is -0.497 e. The van der Waals surface area contributed by atoms with Crippen LogP contribution in [-0.2, 0) is 14.8 Å². The highest BCUT2D eigenvalue weighted by Crippen LogP contribution is 2.39. The van der Waals surface area contributed by atoms with Gasteiger partial charge in [-0.15, -0.1) is 11.3 Å². The largest absolute Gasteiger partial charge is 0.497 e. The predicted molar refractivity (Wildman–Crippen MR) is 174 cm³/mol. The summed E-state index contributed by atoms with van der Waals surface area (Å²) in [6, 6.07) is 22.0. The standard InChI is InChI=1S/C33H30N4O6S2/c1-41-25-12-10-24(11-13-25)36(45(39,40)32-8-4-6-23-20-34-16-15-26(23)32)21-33(38)37-28(19-27(35-37)31-7-5-17-44-31)22-9-14-29(42-2)30(18-22)43-3/h4-18,20,28H,19,21H2,1-3H3. The van der Waals surface area contributed by atoms with Crippen LogP contribution in [0.5, 0.6) is 17.2 Å². The summed E-state index contributed by atoms with van der Waals surface area (Å²) in [4.78, 5) is 19.4. The number of hydrogen-bond donors (Lipinski definition) is 0. The summed E-state index contributed by atoms with van der Waals surface area (Å²) in [6.07, 6.45) is 3.59. The number of nitrogens with zero attached hydrogens (tertiary/aromatic N) is 4. The molecule has 0 aliphatic carbocycles. The SMILES string of the molecule is COc1ccc(N(CC(=O)N2N=C(c3cccs3)CC2c2ccc(OC)c(OC)c2)S(=O)(=O)c2cccc3cnccc23)cc1. The van der Waals surface area contributed by atoms with E-state index in [1.165, 1.54) is 29.5 Å². The Morgan fingerprint density at radius 3 is 2.47 bits per heavy atom. The first-order valence-corrected chi connectivity index (χ1v) is 16.3. The summed E-state index contributed by atoms with van der Waals surface area (Å²) in [5.41, 5.74) is 1.81. The van der Waals surface area contributed by atoms with Gasteiger partial charge in [0.15, 0.2) is 11.5 Å². The van der Waals surface area contributed by atoms with Gasteiger partial charge in [0.1, 0.15) is 12.3 Å². The number of hydrazone groups is 1. The number of ether oxygens (including phenoxy) is 3. The molecule has 0 bridgehead atoms. The number of sulfonamides is 1. The molecule has 0 spiro atoms. The number of methoxy groups -OCH3 is 3. The van der Waals surface area contributed by atoms with Crippen molar-refractivity contribution in [3.8, 4) is 17.2 Å². The van der Waals surface area contributed by atoms with Crippen molar-refractivity contribution >= 4 is 49.4 Å². The zero-order valence-corrected chi connectivity index (χ0v) is 26.4. The second-order valence-electron chi connectivity index (χ2n) is 10.2. The summed E-state index contributed by atoms with van der Waals surface area (Å²) < 4.78 is 46.3. The van der Waals surface area contributed by atoms with E-state index >= 15 is 0 Å². The maximum absolute atomic E-state index is 14.4. The van der Waals surface area contributed by atoms with Crippen LogP contribution in [0.2, 0.25) is 0 Å². The lowest BCUT2D eigenvalue weighted by Crippen LogP contribution is -2.41. The van der Waals surface area contributed by atoms with Crippen LogP contribution in [0.3, 0.4) is 0 Å². The number of anilines is 1. The van der Waals surface area contributed by atoms with Crippen molar-refractivity contribution in [2.75, 3.05) is 32.2 Å².